The molecule has 2 aromatic carbocycles. The van der Waals surface area contributed by atoms with Gasteiger partial charge in [0.25, 0.3) is 5.91 Å². The molecule has 4 aliphatic rings. The SMILES string of the molecule is CCC1(c2cccc(N3CCN(C(O)CCCOc4ccc5c(c4)C(=O)N(C4CCC(=O)NC4=O)C5)CC3=O)c2)CNc2nccc(Cl)c21. The maximum absolute atomic E-state index is 13.4. The smallest absolute Gasteiger partial charge is 0.255 e. The molecule has 13 heteroatoms. The highest BCUT2D eigenvalue weighted by Crippen LogP contribution is 2.47. The molecule has 3 aromatic rings. The molecule has 0 aliphatic carbocycles. The van der Waals surface area contributed by atoms with E-state index in [4.69, 9.17) is 16.3 Å². The van der Waals surface area contributed by atoms with Gasteiger partial charge in [-0.05, 0) is 67.1 Å². The van der Waals surface area contributed by atoms with Crippen molar-refractivity contribution in [3.05, 3.63) is 82.0 Å². The molecule has 0 spiro atoms. The number of carbonyl (C=O) groups excluding carboxylic acids is 4. The predicted molar refractivity (Wildman–Crippen MR) is 182 cm³/mol. The zero-order valence-electron chi connectivity index (χ0n) is 27.3. The predicted octanol–water partition coefficient (Wildman–Crippen LogP) is 3.44. The lowest BCUT2D eigenvalue weighted by Crippen LogP contribution is -2.53. The van der Waals surface area contributed by atoms with Crippen LogP contribution in [0.4, 0.5) is 11.5 Å². The molecule has 0 bridgehead atoms. The number of aliphatic hydroxyl groups is 1. The van der Waals surface area contributed by atoms with Crippen molar-refractivity contribution in [1.82, 2.24) is 20.1 Å². The van der Waals surface area contributed by atoms with Gasteiger partial charge in [0.15, 0.2) is 0 Å². The summed E-state index contributed by atoms with van der Waals surface area (Å²) in [5.74, 6) is 0.223. The van der Waals surface area contributed by atoms with Gasteiger partial charge in [0.1, 0.15) is 23.8 Å². The lowest BCUT2D eigenvalue weighted by Gasteiger charge is -2.37. The molecule has 2 saturated heterocycles. The van der Waals surface area contributed by atoms with Crippen molar-refractivity contribution in [2.45, 2.75) is 63.3 Å². The summed E-state index contributed by atoms with van der Waals surface area (Å²) in [5.41, 5.74) is 3.81. The van der Waals surface area contributed by atoms with Gasteiger partial charge in [0, 0.05) is 66.0 Å². The third-order valence-corrected chi connectivity index (χ3v) is 10.6. The van der Waals surface area contributed by atoms with Crippen molar-refractivity contribution in [2.24, 2.45) is 0 Å². The molecule has 4 amide bonds. The van der Waals surface area contributed by atoms with Gasteiger partial charge in [0.2, 0.25) is 17.7 Å². The second-order valence-electron chi connectivity index (χ2n) is 13.1. The van der Waals surface area contributed by atoms with Crippen LogP contribution in [0.25, 0.3) is 0 Å². The molecule has 5 heterocycles. The first-order valence-electron chi connectivity index (χ1n) is 16.8. The average Bonchev–Trinajstić information content (AvgIpc) is 3.65. The summed E-state index contributed by atoms with van der Waals surface area (Å²) in [5, 5.41) is 17.3. The third kappa shape index (κ3) is 6.13. The Balaban J connectivity index is 0.912. The third-order valence-electron chi connectivity index (χ3n) is 10.3. The number of aromatic nitrogens is 1. The molecule has 3 atom stereocenters. The van der Waals surface area contributed by atoms with Crippen molar-refractivity contribution in [1.29, 1.82) is 0 Å². The Kier molecular flexibility index (Phi) is 9.03. The first kappa shape index (κ1) is 33.0. The van der Waals surface area contributed by atoms with Gasteiger partial charge >= 0.3 is 0 Å². The fourth-order valence-corrected chi connectivity index (χ4v) is 7.88. The van der Waals surface area contributed by atoms with E-state index in [0.717, 1.165) is 34.6 Å². The minimum atomic E-state index is -0.802. The zero-order chi connectivity index (χ0) is 34.3. The molecule has 3 unspecified atom stereocenters. The van der Waals surface area contributed by atoms with Crippen molar-refractivity contribution >= 4 is 46.7 Å². The Hall–Kier alpha value is -4.52. The number of aliphatic hydroxyl groups excluding tert-OH is 1. The maximum atomic E-state index is 13.4. The van der Waals surface area contributed by atoms with Crippen LogP contribution in [0.3, 0.4) is 0 Å². The number of amides is 4. The zero-order valence-corrected chi connectivity index (χ0v) is 28.0. The molecule has 3 N–H and O–H groups in total. The van der Waals surface area contributed by atoms with E-state index in [-0.39, 0.29) is 36.1 Å². The fraction of sp³-hybridized carbons (Fsp3) is 0.417. The number of hydrogen-bond acceptors (Lipinski definition) is 9. The maximum Gasteiger partial charge on any atom is 0.255 e. The lowest BCUT2D eigenvalue weighted by atomic mass is 9.74. The molecule has 0 radical (unpaired) electrons. The number of nitrogens with one attached hydrogen (secondary N) is 2. The number of piperidine rings is 1. The number of ether oxygens (including phenoxy) is 1. The second kappa shape index (κ2) is 13.4. The summed E-state index contributed by atoms with van der Waals surface area (Å²) in [4.78, 5) is 59.9. The van der Waals surface area contributed by atoms with Gasteiger partial charge in [-0.2, -0.15) is 0 Å². The summed E-state index contributed by atoms with van der Waals surface area (Å²) >= 11 is 6.66. The van der Waals surface area contributed by atoms with E-state index < -0.39 is 18.2 Å². The van der Waals surface area contributed by atoms with E-state index in [1.54, 1.807) is 28.1 Å². The lowest BCUT2D eigenvalue weighted by molar-refractivity contribution is -0.137. The van der Waals surface area contributed by atoms with E-state index in [1.165, 1.54) is 4.90 Å². The fourth-order valence-electron chi connectivity index (χ4n) is 7.56. The molecular weight excluding hydrogens is 648 g/mol. The molecule has 1 aromatic heterocycles. The van der Waals surface area contributed by atoms with Crippen molar-refractivity contribution in [3.8, 4) is 5.75 Å². The number of rotatable bonds is 10. The second-order valence-corrected chi connectivity index (χ2v) is 13.5. The molecule has 2 fully saturated rings. The Labute approximate surface area is 289 Å². The van der Waals surface area contributed by atoms with Crippen LogP contribution in [0.15, 0.2) is 54.7 Å². The minimum absolute atomic E-state index is 0.0805. The first-order chi connectivity index (χ1) is 23.7. The number of pyridine rings is 1. The van der Waals surface area contributed by atoms with E-state index >= 15 is 0 Å². The van der Waals surface area contributed by atoms with Gasteiger partial charge in [0.05, 0.1) is 13.2 Å². The Morgan fingerprint density at radius 3 is 2.76 bits per heavy atom. The average molecular weight is 687 g/mol. The van der Waals surface area contributed by atoms with E-state index in [9.17, 15) is 24.3 Å². The van der Waals surface area contributed by atoms with Crippen LogP contribution in [0.1, 0.15) is 66.1 Å². The van der Waals surface area contributed by atoms with Gasteiger partial charge in [-0.25, -0.2) is 4.98 Å². The number of carbonyl (C=O) groups is 4. The van der Waals surface area contributed by atoms with Crippen LogP contribution < -0.4 is 20.3 Å². The molecule has 12 nitrogen and oxygen atoms in total. The van der Waals surface area contributed by atoms with Crippen LogP contribution in [0.5, 0.6) is 5.75 Å². The minimum Gasteiger partial charge on any atom is -0.494 e. The Bertz CT molecular complexity index is 1820. The Morgan fingerprint density at radius 2 is 1.96 bits per heavy atom. The van der Waals surface area contributed by atoms with Crippen LogP contribution in [-0.2, 0) is 26.3 Å². The van der Waals surface area contributed by atoms with Gasteiger partial charge in [-0.1, -0.05) is 36.7 Å². The van der Waals surface area contributed by atoms with Gasteiger partial charge in [-0.15, -0.1) is 0 Å². The van der Waals surface area contributed by atoms with Crippen LogP contribution in [-0.4, -0.2) is 88.6 Å². The highest BCUT2D eigenvalue weighted by atomic mass is 35.5. The number of anilines is 2. The molecule has 4 aliphatic heterocycles. The molecule has 256 valence electrons. The number of fused-ring (bicyclic) bond motifs is 2. The summed E-state index contributed by atoms with van der Waals surface area (Å²) in [6.07, 6.45) is 3.18. The van der Waals surface area contributed by atoms with E-state index in [0.29, 0.717) is 68.4 Å². The highest BCUT2D eigenvalue weighted by molar-refractivity contribution is 6.32. The monoisotopic (exact) mass is 686 g/mol. The van der Waals surface area contributed by atoms with Crippen molar-refractivity contribution < 1.29 is 29.0 Å². The quantitative estimate of drug-likeness (QED) is 0.216. The molecule has 7 rings (SSSR count). The van der Waals surface area contributed by atoms with Crippen LogP contribution in [0.2, 0.25) is 5.02 Å². The summed E-state index contributed by atoms with van der Waals surface area (Å²) in [6.45, 7) is 4.50. The Morgan fingerprint density at radius 1 is 1.10 bits per heavy atom. The number of hydrogen-bond donors (Lipinski definition) is 3. The van der Waals surface area contributed by atoms with Crippen molar-refractivity contribution in [2.75, 3.05) is 43.0 Å². The number of halogens is 1. The standard InChI is InChI=1S/C36H39ClN6O6/c1-2-36(21-39-33-32(36)27(37)12-13-38-33)23-5-3-6-24(17-23)42-15-14-41(20-31(42)46)30(45)7-4-16-49-25-9-8-22-19-43(35(48)26(22)18-25)28-10-11-29(44)40-34(28)47/h3,5-6,8-9,12-13,17-18,28,30,45H,2,4,7,10-11,14-16,19-21H2,1H3,(H,38,39)(H,40,44,47). The van der Waals surface area contributed by atoms with E-state index in [1.807, 2.05) is 24.3 Å². The summed E-state index contributed by atoms with van der Waals surface area (Å²) < 4.78 is 5.91. The molecular formula is C36H39ClN6O6. The number of nitrogens with zero attached hydrogens (tertiary/aromatic N) is 4. The normalized spacial score (nSPS) is 22.9. The molecule has 49 heavy (non-hydrogen) atoms. The van der Waals surface area contributed by atoms with Gasteiger partial charge in [-0.3, -0.25) is 29.4 Å². The number of piperazine rings is 1. The summed E-state index contributed by atoms with van der Waals surface area (Å²) in [7, 11) is 0. The number of benzene rings is 2. The first-order valence-corrected chi connectivity index (χ1v) is 17.2. The number of imide groups is 1. The van der Waals surface area contributed by atoms with Gasteiger partial charge < -0.3 is 25.0 Å². The summed E-state index contributed by atoms with van der Waals surface area (Å²) in [6, 6.07) is 14.5. The topological polar surface area (TPSA) is 144 Å². The van der Waals surface area contributed by atoms with E-state index in [2.05, 4.69) is 34.7 Å². The highest BCUT2D eigenvalue weighted by Gasteiger charge is 2.42. The van der Waals surface area contributed by atoms with Crippen molar-refractivity contribution in [3.63, 3.8) is 0 Å². The van der Waals surface area contributed by atoms with Crippen LogP contribution in [0, 0.1) is 0 Å². The molecule has 0 saturated carbocycles. The largest absolute Gasteiger partial charge is 0.494 e. The van der Waals surface area contributed by atoms with Crippen LogP contribution >= 0.6 is 11.6 Å².